The monoisotopic (exact) mass is 255 g/mol. The van der Waals surface area contributed by atoms with Gasteiger partial charge in [0.2, 0.25) is 0 Å². The van der Waals surface area contributed by atoms with Crippen LogP contribution in [0.3, 0.4) is 0 Å². The molecule has 2 amide bonds. The van der Waals surface area contributed by atoms with E-state index in [1.54, 1.807) is 24.3 Å². The minimum atomic E-state index is -1.21. The Hall–Kier alpha value is -2.69. The lowest BCUT2D eigenvalue weighted by Crippen LogP contribution is -2.34. The van der Waals surface area contributed by atoms with Gasteiger partial charge in [0.15, 0.2) is 0 Å². The largest absolute Gasteiger partial charge is 0.480 e. The summed E-state index contributed by atoms with van der Waals surface area (Å²) in [5.74, 6) is -2.30. The Labute approximate surface area is 108 Å². The van der Waals surface area contributed by atoms with Gasteiger partial charge in [0.05, 0.1) is 11.1 Å². The molecule has 94 valence electrons. The van der Waals surface area contributed by atoms with Crippen LogP contribution in [-0.2, 0) is 4.79 Å². The van der Waals surface area contributed by atoms with Crippen molar-refractivity contribution in [2.75, 3.05) is 6.54 Å². The van der Waals surface area contributed by atoms with Gasteiger partial charge in [-0.1, -0.05) is 30.3 Å². The van der Waals surface area contributed by atoms with Crippen LogP contribution >= 0.6 is 0 Å². The van der Waals surface area contributed by atoms with Crippen LogP contribution in [0.5, 0.6) is 0 Å². The predicted molar refractivity (Wildman–Crippen MR) is 67.0 cm³/mol. The van der Waals surface area contributed by atoms with Crippen molar-refractivity contribution >= 4 is 28.6 Å². The molecule has 3 rings (SSSR count). The Kier molecular flexibility index (Phi) is 2.35. The van der Waals surface area contributed by atoms with Crippen molar-refractivity contribution < 1.29 is 19.5 Å². The number of imide groups is 1. The summed E-state index contributed by atoms with van der Waals surface area (Å²) in [6.07, 6.45) is 0. The molecule has 2 aromatic rings. The molecule has 1 N–H and O–H groups in total. The number of benzene rings is 2. The van der Waals surface area contributed by atoms with E-state index in [9.17, 15) is 14.4 Å². The zero-order valence-corrected chi connectivity index (χ0v) is 9.79. The van der Waals surface area contributed by atoms with E-state index < -0.39 is 24.3 Å². The normalized spacial score (nSPS) is 14.0. The molecule has 0 atom stereocenters. The topological polar surface area (TPSA) is 74.7 Å². The Morgan fingerprint density at radius 1 is 1.05 bits per heavy atom. The Morgan fingerprint density at radius 2 is 1.79 bits per heavy atom. The maximum absolute atomic E-state index is 12.2. The molecule has 0 radical (unpaired) electrons. The third-order valence-corrected chi connectivity index (χ3v) is 3.16. The van der Waals surface area contributed by atoms with Crippen LogP contribution < -0.4 is 0 Å². The van der Waals surface area contributed by atoms with Gasteiger partial charge in [-0.15, -0.1) is 0 Å². The third kappa shape index (κ3) is 1.59. The summed E-state index contributed by atoms with van der Waals surface area (Å²) in [7, 11) is 0. The van der Waals surface area contributed by atoms with E-state index in [1.807, 2.05) is 12.1 Å². The Morgan fingerprint density at radius 3 is 2.53 bits per heavy atom. The van der Waals surface area contributed by atoms with Gasteiger partial charge < -0.3 is 5.11 Å². The van der Waals surface area contributed by atoms with E-state index in [0.717, 1.165) is 10.3 Å². The fourth-order valence-electron chi connectivity index (χ4n) is 2.33. The van der Waals surface area contributed by atoms with Crippen LogP contribution in [0.4, 0.5) is 0 Å². The van der Waals surface area contributed by atoms with Crippen LogP contribution in [0.25, 0.3) is 10.8 Å². The average Bonchev–Trinajstić information content (AvgIpc) is 2.63. The lowest BCUT2D eigenvalue weighted by molar-refractivity contribution is -0.137. The van der Waals surface area contributed by atoms with Gasteiger partial charge in [-0.05, 0) is 16.8 Å². The number of fused-ring (bicyclic) bond motifs is 3. The number of amides is 2. The molecule has 1 heterocycles. The molecule has 1 aliphatic rings. The Bertz CT molecular complexity index is 735. The van der Waals surface area contributed by atoms with Crippen molar-refractivity contribution in [3.8, 4) is 0 Å². The SMILES string of the molecule is O=C(O)CN1C(=O)c2ccc3ccccc3c2C1=O. The van der Waals surface area contributed by atoms with Crippen LogP contribution in [0.1, 0.15) is 20.7 Å². The van der Waals surface area contributed by atoms with Crippen molar-refractivity contribution in [2.45, 2.75) is 0 Å². The molecule has 0 fully saturated rings. The number of hydrogen-bond donors (Lipinski definition) is 1. The molecule has 5 heteroatoms. The minimum absolute atomic E-state index is 0.268. The number of carbonyl (C=O) groups excluding carboxylic acids is 2. The van der Waals surface area contributed by atoms with Crippen LogP contribution in [0.15, 0.2) is 36.4 Å². The number of carboxylic acids is 1. The molecule has 0 saturated heterocycles. The molecule has 2 aromatic carbocycles. The highest BCUT2D eigenvalue weighted by Crippen LogP contribution is 2.29. The number of aliphatic carboxylic acids is 1. The first-order valence-corrected chi connectivity index (χ1v) is 5.69. The predicted octanol–water partition coefficient (Wildman–Crippen LogP) is 1.52. The van der Waals surface area contributed by atoms with Gasteiger partial charge in [-0.2, -0.15) is 0 Å². The lowest BCUT2D eigenvalue weighted by Gasteiger charge is -2.09. The molecule has 0 aromatic heterocycles. The Balaban J connectivity index is 2.22. The average molecular weight is 255 g/mol. The smallest absolute Gasteiger partial charge is 0.323 e. The molecular weight excluding hydrogens is 246 g/mol. The fourth-order valence-corrected chi connectivity index (χ4v) is 2.33. The summed E-state index contributed by atoms with van der Waals surface area (Å²) < 4.78 is 0. The standard InChI is InChI=1S/C14H9NO4/c16-11(17)7-15-13(18)10-6-5-8-3-1-2-4-9(8)12(10)14(15)19/h1-6H,7H2,(H,16,17). The van der Waals surface area contributed by atoms with Crippen LogP contribution in [0.2, 0.25) is 0 Å². The lowest BCUT2D eigenvalue weighted by atomic mass is 10.0. The zero-order chi connectivity index (χ0) is 13.6. The second kappa shape index (κ2) is 3.91. The molecule has 1 aliphatic heterocycles. The van der Waals surface area contributed by atoms with Gasteiger partial charge in [0.25, 0.3) is 11.8 Å². The first-order valence-electron chi connectivity index (χ1n) is 5.69. The van der Waals surface area contributed by atoms with Gasteiger partial charge in [0, 0.05) is 0 Å². The summed E-state index contributed by atoms with van der Waals surface area (Å²) in [4.78, 5) is 35.7. The molecule has 0 spiro atoms. The first-order chi connectivity index (χ1) is 9.09. The minimum Gasteiger partial charge on any atom is -0.480 e. The van der Waals surface area contributed by atoms with Gasteiger partial charge >= 0.3 is 5.97 Å². The van der Waals surface area contributed by atoms with Gasteiger partial charge in [0.1, 0.15) is 6.54 Å². The van der Waals surface area contributed by atoms with Crippen molar-refractivity contribution in [3.63, 3.8) is 0 Å². The van der Waals surface area contributed by atoms with E-state index in [0.29, 0.717) is 10.9 Å². The summed E-state index contributed by atoms with van der Waals surface area (Å²) >= 11 is 0. The highest BCUT2D eigenvalue weighted by Gasteiger charge is 2.37. The van der Waals surface area contributed by atoms with Crippen LogP contribution in [0, 0.1) is 0 Å². The summed E-state index contributed by atoms with van der Waals surface area (Å²) in [5.41, 5.74) is 0.564. The van der Waals surface area contributed by atoms with E-state index in [4.69, 9.17) is 5.11 Å². The number of carboxylic acid groups (broad SMARTS) is 1. The molecule has 19 heavy (non-hydrogen) atoms. The molecule has 0 saturated carbocycles. The van der Waals surface area contributed by atoms with E-state index in [1.165, 1.54) is 0 Å². The second-order valence-electron chi connectivity index (χ2n) is 4.30. The van der Waals surface area contributed by atoms with Crippen molar-refractivity contribution in [3.05, 3.63) is 47.5 Å². The molecule has 0 unspecified atom stereocenters. The van der Waals surface area contributed by atoms with Crippen molar-refractivity contribution in [2.24, 2.45) is 0 Å². The maximum Gasteiger partial charge on any atom is 0.323 e. The van der Waals surface area contributed by atoms with Gasteiger partial charge in [-0.25, -0.2) is 0 Å². The molecule has 0 aliphatic carbocycles. The summed E-state index contributed by atoms with van der Waals surface area (Å²) in [6, 6.07) is 10.5. The maximum atomic E-state index is 12.2. The van der Waals surface area contributed by atoms with Gasteiger partial charge in [-0.3, -0.25) is 19.3 Å². The summed E-state index contributed by atoms with van der Waals surface area (Å²) in [6.45, 7) is -0.610. The van der Waals surface area contributed by atoms with E-state index >= 15 is 0 Å². The first kappa shape index (κ1) is 11.4. The van der Waals surface area contributed by atoms with E-state index in [2.05, 4.69) is 0 Å². The van der Waals surface area contributed by atoms with Crippen molar-refractivity contribution in [1.29, 1.82) is 0 Å². The zero-order valence-electron chi connectivity index (χ0n) is 9.79. The van der Waals surface area contributed by atoms with E-state index in [-0.39, 0.29) is 5.56 Å². The quantitative estimate of drug-likeness (QED) is 0.825. The van der Waals surface area contributed by atoms with Crippen molar-refractivity contribution in [1.82, 2.24) is 4.90 Å². The van der Waals surface area contributed by atoms with Crippen LogP contribution in [-0.4, -0.2) is 34.3 Å². The third-order valence-electron chi connectivity index (χ3n) is 3.16. The number of rotatable bonds is 2. The molecule has 0 bridgehead atoms. The summed E-state index contributed by atoms with van der Waals surface area (Å²) in [5, 5.41) is 10.3. The molecule has 5 nitrogen and oxygen atoms in total. The fraction of sp³-hybridized carbons (Fsp3) is 0.0714. The number of hydrogen-bond acceptors (Lipinski definition) is 3. The number of carbonyl (C=O) groups is 3. The number of nitrogens with zero attached hydrogens (tertiary/aromatic N) is 1. The second-order valence-corrected chi connectivity index (χ2v) is 4.30. The highest BCUT2D eigenvalue weighted by atomic mass is 16.4. The highest BCUT2D eigenvalue weighted by molar-refractivity contribution is 6.27. The molecular formula is C14H9NO4.